The van der Waals surface area contributed by atoms with E-state index in [0.29, 0.717) is 21.5 Å². The van der Waals surface area contributed by atoms with Crippen molar-refractivity contribution in [3.05, 3.63) is 95.0 Å². The highest BCUT2D eigenvalue weighted by molar-refractivity contribution is 6.34. The van der Waals surface area contributed by atoms with Gasteiger partial charge in [0.25, 0.3) is 0 Å². The zero-order valence-electron chi connectivity index (χ0n) is 16.7. The van der Waals surface area contributed by atoms with Gasteiger partial charge in [-0.15, -0.1) is 0 Å². The Morgan fingerprint density at radius 3 is 1.20 bits per heavy atom. The minimum absolute atomic E-state index is 0.522. The second-order valence-corrected chi connectivity index (χ2v) is 7.55. The molecule has 0 bridgehead atoms. The van der Waals surface area contributed by atoms with Crippen molar-refractivity contribution in [2.75, 3.05) is 14.2 Å². The van der Waals surface area contributed by atoms with Crippen molar-refractivity contribution in [1.29, 1.82) is 0 Å². The molecular formula is C26H20Cl2O2. The molecule has 0 aliphatic rings. The van der Waals surface area contributed by atoms with Gasteiger partial charge in [-0.25, -0.2) is 0 Å². The Hall–Kier alpha value is -2.94. The summed E-state index contributed by atoms with van der Waals surface area (Å²) in [6.45, 7) is 0. The maximum absolute atomic E-state index is 6.57. The average molecular weight is 435 g/mol. The van der Waals surface area contributed by atoms with E-state index < -0.39 is 0 Å². The fraction of sp³-hybridized carbons (Fsp3) is 0.0769. The van der Waals surface area contributed by atoms with Gasteiger partial charge in [0.15, 0.2) is 0 Å². The summed E-state index contributed by atoms with van der Waals surface area (Å²) < 4.78 is 11.6. The van der Waals surface area contributed by atoms with Gasteiger partial charge in [0.05, 0.1) is 24.3 Å². The predicted octanol–water partition coefficient (Wildman–Crippen LogP) is 8.01. The zero-order chi connectivity index (χ0) is 21.1. The third-order valence-corrected chi connectivity index (χ3v) is 5.64. The lowest BCUT2D eigenvalue weighted by atomic mass is 9.88. The first kappa shape index (κ1) is 20.3. The van der Waals surface area contributed by atoms with Gasteiger partial charge in [-0.3, -0.25) is 0 Å². The fourth-order valence-electron chi connectivity index (χ4n) is 3.73. The molecule has 0 saturated heterocycles. The number of ether oxygens (including phenoxy) is 2. The number of methoxy groups -OCH3 is 2. The molecule has 4 rings (SSSR count). The van der Waals surface area contributed by atoms with Crippen molar-refractivity contribution in [3.63, 3.8) is 0 Å². The van der Waals surface area contributed by atoms with Crippen LogP contribution in [0.5, 0.6) is 11.5 Å². The molecule has 0 atom stereocenters. The van der Waals surface area contributed by atoms with Gasteiger partial charge in [-0.2, -0.15) is 0 Å². The highest BCUT2D eigenvalue weighted by Crippen LogP contribution is 2.51. The van der Waals surface area contributed by atoms with Crippen LogP contribution < -0.4 is 9.47 Å². The van der Waals surface area contributed by atoms with Gasteiger partial charge in [-0.1, -0.05) is 96.0 Å². The Kier molecular flexibility index (Phi) is 5.98. The van der Waals surface area contributed by atoms with E-state index in [1.54, 1.807) is 14.2 Å². The SMILES string of the molecule is COc1c(Cl)ccc(-c2ccccc2)c1-c1c(-c2ccccc2)ccc(Cl)c1OC. The highest BCUT2D eigenvalue weighted by Gasteiger charge is 2.24. The molecule has 4 aromatic carbocycles. The second kappa shape index (κ2) is 8.83. The van der Waals surface area contributed by atoms with E-state index in [9.17, 15) is 0 Å². The van der Waals surface area contributed by atoms with Crippen LogP contribution in [0.15, 0.2) is 84.9 Å². The van der Waals surface area contributed by atoms with Gasteiger partial charge >= 0.3 is 0 Å². The molecule has 0 aliphatic heterocycles. The van der Waals surface area contributed by atoms with Crippen LogP contribution in [0.4, 0.5) is 0 Å². The van der Waals surface area contributed by atoms with Crippen LogP contribution in [0.2, 0.25) is 10.0 Å². The largest absolute Gasteiger partial charge is 0.495 e. The summed E-state index contributed by atoms with van der Waals surface area (Å²) in [4.78, 5) is 0. The number of hydrogen-bond acceptors (Lipinski definition) is 2. The quantitative estimate of drug-likeness (QED) is 0.316. The van der Waals surface area contributed by atoms with Crippen LogP contribution in [0.25, 0.3) is 33.4 Å². The minimum Gasteiger partial charge on any atom is -0.495 e. The smallest absolute Gasteiger partial charge is 0.146 e. The van der Waals surface area contributed by atoms with E-state index in [4.69, 9.17) is 32.7 Å². The summed E-state index contributed by atoms with van der Waals surface area (Å²) in [5, 5.41) is 1.04. The van der Waals surface area contributed by atoms with E-state index in [2.05, 4.69) is 24.3 Å². The zero-order valence-corrected chi connectivity index (χ0v) is 18.2. The average Bonchev–Trinajstić information content (AvgIpc) is 2.79. The molecule has 4 aromatic rings. The predicted molar refractivity (Wildman–Crippen MR) is 126 cm³/mol. The van der Waals surface area contributed by atoms with Crippen LogP contribution in [-0.4, -0.2) is 14.2 Å². The fourth-order valence-corrected chi connectivity index (χ4v) is 4.20. The van der Waals surface area contributed by atoms with Crippen molar-refractivity contribution in [2.45, 2.75) is 0 Å². The summed E-state index contributed by atoms with van der Waals surface area (Å²) in [5.41, 5.74) is 5.74. The van der Waals surface area contributed by atoms with Gasteiger partial charge < -0.3 is 9.47 Å². The monoisotopic (exact) mass is 434 g/mol. The third kappa shape index (κ3) is 3.65. The standard InChI is InChI=1S/C26H20Cl2O2/c1-29-25-21(27)15-13-19(17-9-5-3-6-10-17)23(25)24-20(18-11-7-4-8-12-18)14-16-22(28)26(24)30-2/h3-16H,1-2H3. The first-order valence-electron chi connectivity index (χ1n) is 9.50. The second-order valence-electron chi connectivity index (χ2n) is 6.74. The van der Waals surface area contributed by atoms with Gasteiger partial charge in [0, 0.05) is 11.1 Å². The van der Waals surface area contributed by atoms with Gasteiger partial charge in [0.1, 0.15) is 11.5 Å². The molecule has 0 heterocycles. The normalized spacial score (nSPS) is 10.7. The topological polar surface area (TPSA) is 18.5 Å². The molecule has 0 amide bonds. The molecule has 0 aromatic heterocycles. The Labute approximate surface area is 186 Å². The maximum Gasteiger partial charge on any atom is 0.146 e. The van der Waals surface area contributed by atoms with Crippen molar-refractivity contribution in [3.8, 4) is 44.9 Å². The van der Waals surface area contributed by atoms with Gasteiger partial charge in [0.2, 0.25) is 0 Å². The lowest BCUT2D eigenvalue weighted by Crippen LogP contribution is -1.98. The van der Waals surface area contributed by atoms with Crippen LogP contribution in [-0.2, 0) is 0 Å². The number of rotatable bonds is 5. The van der Waals surface area contributed by atoms with Crippen LogP contribution in [0, 0.1) is 0 Å². The maximum atomic E-state index is 6.57. The van der Waals surface area contributed by atoms with E-state index in [0.717, 1.165) is 33.4 Å². The highest BCUT2D eigenvalue weighted by atomic mass is 35.5. The van der Waals surface area contributed by atoms with E-state index in [1.165, 1.54) is 0 Å². The van der Waals surface area contributed by atoms with E-state index >= 15 is 0 Å². The molecular weight excluding hydrogens is 415 g/mol. The van der Waals surface area contributed by atoms with Crippen LogP contribution in [0.1, 0.15) is 0 Å². The van der Waals surface area contributed by atoms with Crippen LogP contribution in [0.3, 0.4) is 0 Å². The van der Waals surface area contributed by atoms with Gasteiger partial charge in [-0.05, 0) is 34.4 Å². The van der Waals surface area contributed by atoms with Crippen molar-refractivity contribution >= 4 is 23.2 Å². The Bertz CT molecular complexity index is 1080. The lowest BCUT2D eigenvalue weighted by Gasteiger charge is -2.22. The Morgan fingerprint density at radius 2 is 0.867 bits per heavy atom. The molecule has 30 heavy (non-hydrogen) atoms. The van der Waals surface area contributed by atoms with Crippen LogP contribution >= 0.6 is 23.2 Å². The lowest BCUT2D eigenvalue weighted by molar-refractivity contribution is 0.411. The summed E-state index contributed by atoms with van der Waals surface area (Å²) in [6.07, 6.45) is 0. The molecule has 0 radical (unpaired) electrons. The summed E-state index contributed by atoms with van der Waals surface area (Å²) in [5.74, 6) is 1.16. The Balaban J connectivity index is 2.15. The first-order valence-corrected chi connectivity index (χ1v) is 10.3. The molecule has 150 valence electrons. The number of hydrogen-bond donors (Lipinski definition) is 0. The molecule has 0 spiro atoms. The Morgan fingerprint density at radius 1 is 0.500 bits per heavy atom. The van der Waals surface area contributed by atoms with Crippen molar-refractivity contribution in [1.82, 2.24) is 0 Å². The summed E-state index contributed by atoms with van der Waals surface area (Å²) in [6, 6.07) is 28.0. The first-order chi connectivity index (χ1) is 14.7. The van der Waals surface area contributed by atoms with E-state index in [-0.39, 0.29) is 0 Å². The van der Waals surface area contributed by atoms with Crippen molar-refractivity contribution in [2.24, 2.45) is 0 Å². The summed E-state index contributed by atoms with van der Waals surface area (Å²) >= 11 is 13.1. The van der Waals surface area contributed by atoms with E-state index in [1.807, 2.05) is 60.7 Å². The molecule has 0 fully saturated rings. The van der Waals surface area contributed by atoms with Crippen molar-refractivity contribution < 1.29 is 9.47 Å². The third-order valence-electron chi connectivity index (χ3n) is 5.05. The molecule has 2 nitrogen and oxygen atoms in total. The number of halogens is 2. The molecule has 0 saturated carbocycles. The summed E-state index contributed by atoms with van der Waals surface area (Å²) in [7, 11) is 3.25. The molecule has 0 N–H and O–H groups in total. The molecule has 0 unspecified atom stereocenters. The molecule has 4 heteroatoms. The minimum atomic E-state index is 0.522. The number of benzene rings is 4. The molecule has 0 aliphatic carbocycles.